The van der Waals surface area contributed by atoms with E-state index in [9.17, 15) is 14.4 Å². The molecule has 3 aromatic rings. The molecule has 2 N–H and O–H groups in total. The lowest BCUT2D eigenvalue weighted by molar-refractivity contribution is -0.143. The van der Waals surface area contributed by atoms with Crippen LogP contribution in [0.5, 0.6) is 0 Å². The molecule has 0 radical (unpaired) electrons. The van der Waals surface area contributed by atoms with Crippen LogP contribution in [-0.4, -0.2) is 56.5 Å². The third-order valence-corrected chi connectivity index (χ3v) is 7.64. The number of urea groups is 1. The van der Waals surface area contributed by atoms with E-state index >= 15 is 4.48 Å². The third-order valence-electron chi connectivity index (χ3n) is 7.64. The van der Waals surface area contributed by atoms with Crippen molar-refractivity contribution in [1.82, 2.24) is 15.0 Å². The van der Waals surface area contributed by atoms with Crippen LogP contribution in [0.3, 0.4) is 0 Å². The van der Waals surface area contributed by atoms with Crippen LogP contribution in [0.15, 0.2) is 46.9 Å². The molecule has 1 saturated heterocycles. The van der Waals surface area contributed by atoms with Gasteiger partial charge in [-0.25, -0.2) is 4.79 Å². The number of carbonyl (C=O) groups is 3. The minimum Gasteiger partial charge on any atom is -0.481 e. The fourth-order valence-corrected chi connectivity index (χ4v) is 5.44. The minimum absolute atomic E-state index is 0.0850. The van der Waals surface area contributed by atoms with Crippen LogP contribution in [0, 0.1) is 12.8 Å². The van der Waals surface area contributed by atoms with Gasteiger partial charge in [-0.05, 0) is 74.8 Å². The monoisotopic (exact) mass is 522 g/mol. The molecule has 2 aromatic carbocycles. The lowest BCUT2D eigenvalue weighted by atomic mass is 9.86. The van der Waals surface area contributed by atoms with Crippen molar-refractivity contribution in [1.29, 1.82) is 0 Å². The second kappa shape index (κ2) is 10.8. The maximum atomic E-state index is 15.0. The van der Waals surface area contributed by atoms with Gasteiger partial charge in [0.05, 0.1) is 18.0 Å². The average Bonchev–Trinajstić information content (AvgIpc) is 3.56. The first-order valence-electron chi connectivity index (χ1n) is 13.0. The number of nitrogens with one attached hydrogen (secondary N) is 1. The van der Waals surface area contributed by atoms with E-state index in [0.717, 1.165) is 16.8 Å². The van der Waals surface area contributed by atoms with Gasteiger partial charge in [0.1, 0.15) is 5.52 Å². The van der Waals surface area contributed by atoms with E-state index in [0.29, 0.717) is 62.2 Å². The predicted octanol–water partition coefficient (Wildman–Crippen LogP) is 5.41. The van der Waals surface area contributed by atoms with Gasteiger partial charge in [-0.2, -0.15) is 10.1 Å². The van der Waals surface area contributed by atoms with Crippen LogP contribution >= 0.6 is 0 Å². The number of carboxylic acid groups (broad SMARTS) is 1. The first-order valence-corrected chi connectivity index (χ1v) is 13.0. The second-order valence-corrected chi connectivity index (χ2v) is 10.2. The summed E-state index contributed by atoms with van der Waals surface area (Å²) in [5.74, 6) is -1.53. The number of rotatable bonds is 7. The SMILES string of the molecule is Cc1ccccc1Nc1nc2ccc(CC(=O)C3CCCN3C(=O)N(F)C3CCC(C(=O)O)CC3)cc2o1. The largest absolute Gasteiger partial charge is 0.481 e. The molecule has 1 saturated carbocycles. The number of hydrogen-bond donors (Lipinski definition) is 2. The van der Waals surface area contributed by atoms with Crippen LogP contribution in [0.2, 0.25) is 0 Å². The Bertz CT molecular complexity index is 1350. The summed E-state index contributed by atoms with van der Waals surface area (Å²) in [6.07, 6.45) is 2.45. The number of carbonyl (C=O) groups excluding carboxylic acids is 2. The number of carboxylic acids is 1. The predicted molar refractivity (Wildman–Crippen MR) is 139 cm³/mol. The van der Waals surface area contributed by atoms with E-state index in [-0.39, 0.29) is 17.3 Å². The second-order valence-electron chi connectivity index (χ2n) is 10.2. The number of aryl methyl sites for hydroxylation is 1. The molecule has 9 nitrogen and oxygen atoms in total. The van der Waals surface area contributed by atoms with Crippen molar-refractivity contribution in [2.45, 2.75) is 64.0 Å². The first kappa shape index (κ1) is 25.7. The summed E-state index contributed by atoms with van der Waals surface area (Å²) in [7, 11) is 0. The fourth-order valence-electron chi connectivity index (χ4n) is 5.44. The van der Waals surface area contributed by atoms with E-state index in [4.69, 9.17) is 9.52 Å². The topological polar surface area (TPSA) is 116 Å². The zero-order valence-electron chi connectivity index (χ0n) is 21.2. The number of likely N-dealkylation sites (tertiary alicyclic amines) is 1. The summed E-state index contributed by atoms with van der Waals surface area (Å²) < 4.78 is 20.9. The van der Waals surface area contributed by atoms with Crippen molar-refractivity contribution in [3.05, 3.63) is 53.6 Å². The van der Waals surface area contributed by atoms with Crippen LogP contribution in [0.4, 0.5) is 21.0 Å². The highest BCUT2D eigenvalue weighted by Crippen LogP contribution is 2.31. The van der Waals surface area contributed by atoms with Gasteiger partial charge in [-0.15, -0.1) is 0 Å². The van der Waals surface area contributed by atoms with Gasteiger partial charge in [0.2, 0.25) is 0 Å². The smallest absolute Gasteiger partial charge is 0.348 e. The number of fused-ring (bicyclic) bond motifs is 1. The maximum Gasteiger partial charge on any atom is 0.348 e. The van der Waals surface area contributed by atoms with E-state index in [1.54, 1.807) is 12.1 Å². The molecule has 2 amide bonds. The number of aromatic nitrogens is 1. The Morgan fingerprint density at radius 3 is 2.63 bits per heavy atom. The molecule has 5 rings (SSSR count). The quantitative estimate of drug-likeness (QED) is 0.399. The van der Waals surface area contributed by atoms with Gasteiger partial charge < -0.3 is 19.7 Å². The molecule has 1 aliphatic heterocycles. The Balaban J connectivity index is 1.22. The highest BCUT2D eigenvalue weighted by atomic mass is 19.2. The number of nitrogens with zero attached hydrogens (tertiary/aromatic N) is 3. The first-order chi connectivity index (χ1) is 18.3. The maximum absolute atomic E-state index is 15.0. The molecule has 1 aromatic heterocycles. The zero-order valence-corrected chi connectivity index (χ0v) is 21.2. The molecular formula is C28H31FN4O5. The van der Waals surface area contributed by atoms with Crippen molar-refractivity contribution >= 4 is 40.6 Å². The van der Waals surface area contributed by atoms with Gasteiger partial charge in [-0.1, -0.05) is 28.7 Å². The number of ketones is 1. The number of amides is 2. The number of aliphatic carboxylic acids is 1. The van der Waals surface area contributed by atoms with Crippen molar-refractivity contribution in [3.63, 3.8) is 0 Å². The van der Waals surface area contributed by atoms with Crippen molar-refractivity contribution in [2.24, 2.45) is 5.92 Å². The molecule has 2 aliphatic rings. The van der Waals surface area contributed by atoms with Gasteiger partial charge >= 0.3 is 12.0 Å². The van der Waals surface area contributed by atoms with E-state index in [1.165, 1.54) is 4.90 Å². The Labute approximate surface area is 219 Å². The number of benzene rings is 2. The number of oxazole rings is 1. The lowest BCUT2D eigenvalue weighted by Gasteiger charge is -2.33. The molecule has 1 unspecified atom stereocenters. The summed E-state index contributed by atoms with van der Waals surface area (Å²) in [5.41, 5.74) is 3.86. The molecule has 1 atom stereocenters. The minimum atomic E-state index is -0.882. The number of Topliss-reactive ketones (excluding diaryl/α,β-unsaturated/α-hetero) is 1. The van der Waals surface area contributed by atoms with Crippen LogP contribution in [0.1, 0.15) is 49.7 Å². The van der Waals surface area contributed by atoms with Gasteiger partial charge in [-0.3, -0.25) is 9.59 Å². The Morgan fingerprint density at radius 2 is 1.89 bits per heavy atom. The highest BCUT2D eigenvalue weighted by molar-refractivity contribution is 5.91. The van der Waals surface area contributed by atoms with Crippen LogP contribution in [-0.2, 0) is 16.0 Å². The number of hydrogen-bond acceptors (Lipinski definition) is 6. The van der Waals surface area contributed by atoms with E-state index in [1.807, 2.05) is 37.3 Å². The number of para-hydroxylation sites is 1. The lowest BCUT2D eigenvalue weighted by Crippen LogP contribution is -2.49. The molecule has 2 fully saturated rings. The molecule has 10 heteroatoms. The van der Waals surface area contributed by atoms with Crippen LogP contribution < -0.4 is 5.32 Å². The molecule has 1 aliphatic carbocycles. The van der Waals surface area contributed by atoms with Crippen molar-refractivity contribution in [3.8, 4) is 0 Å². The summed E-state index contributed by atoms with van der Waals surface area (Å²) in [6, 6.07) is 11.3. The number of anilines is 2. The third kappa shape index (κ3) is 5.34. The van der Waals surface area contributed by atoms with E-state index in [2.05, 4.69) is 10.3 Å². The zero-order chi connectivity index (χ0) is 26.8. The molecular weight excluding hydrogens is 491 g/mol. The average molecular weight is 523 g/mol. The van der Waals surface area contributed by atoms with Gasteiger partial charge in [0, 0.05) is 18.7 Å². The van der Waals surface area contributed by atoms with Crippen molar-refractivity contribution in [2.75, 3.05) is 11.9 Å². The molecule has 38 heavy (non-hydrogen) atoms. The molecule has 0 spiro atoms. The highest BCUT2D eigenvalue weighted by Gasteiger charge is 2.40. The molecule has 2 heterocycles. The van der Waals surface area contributed by atoms with E-state index < -0.39 is 30.0 Å². The molecule has 0 bridgehead atoms. The fraction of sp³-hybridized carbons (Fsp3) is 0.429. The van der Waals surface area contributed by atoms with Gasteiger partial charge in [0.15, 0.2) is 11.4 Å². The standard InChI is InChI=1S/C28H31FN4O5/c1-17-5-2-3-6-21(17)30-27-31-22-13-8-18(16-25(22)38-27)15-24(34)23-7-4-14-32(23)28(37)33(29)20-11-9-19(10-12-20)26(35)36/h2-3,5-6,8,13,16,19-20,23H,4,7,9-12,14-15H2,1H3,(H,30,31)(H,35,36). The molecule has 200 valence electrons. The Kier molecular flexibility index (Phi) is 7.31. The summed E-state index contributed by atoms with van der Waals surface area (Å²) in [6.45, 7) is 2.30. The number of halogens is 1. The van der Waals surface area contributed by atoms with Gasteiger partial charge in [0.25, 0.3) is 6.01 Å². The van der Waals surface area contributed by atoms with Crippen LogP contribution in [0.25, 0.3) is 11.1 Å². The normalized spacial score (nSPS) is 21.4. The Hall–Kier alpha value is -3.95. The summed E-state index contributed by atoms with van der Waals surface area (Å²) >= 11 is 0. The Morgan fingerprint density at radius 1 is 1.13 bits per heavy atom. The summed E-state index contributed by atoms with van der Waals surface area (Å²) in [4.78, 5) is 43.1. The summed E-state index contributed by atoms with van der Waals surface area (Å²) in [5, 5.41) is 12.5. The van der Waals surface area contributed by atoms with Crippen molar-refractivity contribution < 1.29 is 28.4 Å².